The van der Waals surface area contributed by atoms with E-state index in [1.807, 2.05) is 13.0 Å². The van der Waals surface area contributed by atoms with Gasteiger partial charge in [0.2, 0.25) is 0 Å². The molecule has 2 unspecified atom stereocenters. The van der Waals surface area contributed by atoms with Gasteiger partial charge in [0.15, 0.2) is 5.82 Å². The van der Waals surface area contributed by atoms with E-state index in [-0.39, 0.29) is 0 Å². The minimum Gasteiger partial charge on any atom is -0.374 e. The molecule has 2 fully saturated rings. The standard InChI is InChI=1S/C13H21N5O/c1-2-19-8-12-15-11(17-14)6-13(16-12)18-7-9-3-4-10(18)5-9/h6,9-10H,2-5,7-8,14H2,1H3,(H,15,16,17). The maximum Gasteiger partial charge on any atom is 0.158 e. The number of hydrazine groups is 1. The van der Waals surface area contributed by atoms with E-state index in [1.165, 1.54) is 19.3 Å². The molecule has 1 aliphatic heterocycles. The van der Waals surface area contributed by atoms with Crippen LogP contribution in [0.15, 0.2) is 6.07 Å². The highest BCUT2D eigenvalue weighted by Crippen LogP contribution is 2.39. The van der Waals surface area contributed by atoms with Crippen molar-refractivity contribution in [3.8, 4) is 0 Å². The lowest BCUT2D eigenvalue weighted by Crippen LogP contribution is -2.33. The highest BCUT2D eigenvalue weighted by Gasteiger charge is 2.38. The van der Waals surface area contributed by atoms with Crippen LogP contribution in [-0.2, 0) is 11.3 Å². The zero-order chi connectivity index (χ0) is 13.2. The molecule has 0 aromatic carbocycles. The Morgan fingerprint density at radius 2 is 2.37 bits per heavy atom. The molecule has 104 valence electrons. The van der Waals surface area contributed by atoms with Crippen molar-refractivity contribution in [3.05, 3.63) is 11.9 Å². The van der Waals surface area contributed by atoms with E-state index in [4.69, 9.17) is 10.6 Å². The van der Waals surface area contributed by atoms with Gasteiger partial charge in [-0.25, -0.2) is 15.8 Å². The molecular formula is C13H21N5O. The van der Waals surface area contributed by atoms with E-state index in [1.54, 1.807) is 0 Å². The minimum absolute atomic E-state index is 0.432. The van der Waals surface area contributed by atoms with E-state index < -0.39 is 0 Å². The quantitative estimate of drug-likeness (QED) is 0.616. The number of hydrogen-bond donors (Lipinski definition) is 2. The molecule has 2 atom stereocenters. The number of ether oxygens (including phenoxy) is 1. The fourth-order valence-electron chi connectivity index (χ4n) is 3.17. The first-order chi connectivity index (χ1) is 9.30. The Morgan fingerprint density at radius 3 is 3.00 bits per heavy atom. The second-order valence-electron chi connectivity index (χ2n) is 5.29. The van der Waals surface area contributed by atoms with Crippen LogP contribution in [0.3, 0.4) is 0 Å². The predicted octanol–water partition coefficient (Wildman–Crippen LogP) is 1.29. The van der Waals surface area contributed by atoms with Gasteiger partial charge in [-0.05, 0) is 32.1 Å². The smallest absolute Gasteiger partial charge is 0.158 e. The summed E-state index contributed by atoms with van der Waals surface area (Å²) in [5, 5.41) is 0. The summed E-state index contributed by atoms with van der Waals surface area (Å²) < 4.78 is 5.39. The van der Waals surface area contributed by atoms with Crippen molar-refractivity contribution in [2.45, 2.75) is 38.8 Å². The van der Waals surface area contributed by atoms with Gasteiger partial charge in [-0.15, -0.1) is 0 Å². The van der Waals surface area contributed by atoms with Gasteiger partial charge < -0.3 is 15.1 Å². The number of anilines is 2. The molecule has 3 rings (SSSR count). The van der Waals surface area contributed by atoms with Crippen LogP contribution in [0.2, 0.25) is 0 Å². The molecule has 0 spiro atoms. The van der Waals surface area contributed by atoms with Gasteiger partial charge in [0, 0.05) is 25.3 Å². The maximum absolute atomic E-state index is 5.49. The van der Waals surface area contributed by atoms with E-state index in [0.717, 1.165) is 18.3 Å². The SMILES string of the molecule is CCOCc1nc(NN)cc(N2CC3CCC2C3)n1. The van der Waals surface area contributed by atoms with Crippen LogP contribution < -0.4 is 16.2 Å². The summed E-state index contributed by atoms with van der Waals surface area (Å²) in [6.45, 7) is 4.17. The molecule has 3 N–H and O–H groups in total. The van der Waals surface area contributed by atoms with Crippen LogP contribution in [-0.4, -0.2) is 29.2 Å². The molecule has 1 saturated heterocycles. The minimum atomic E-state index is 0.432. The molecular weight excluding hydrogens is 242 g/mol. The van der Waals surface area contributed by atoms with Gasteiger partial charge in [0.1, 0.15) is 18.2 Å². The maximum atomic E-state index is 5.49. The molecule has 1 saturated carbocycles. The molecule has 6 heteroatoms. The van der Waals surface area contributed by atoms with Crippen LogP contribution in [0.1, 0.15) is 32.0 Å². The van der Waals surface area contributed by atoms with Gasteiger partial charge in [-0.3, -0.25) is 0 Å². The summed E-state index contributed by atoms with van der Waals surface area (Å²) in [4.78, 5) is 11.3. The number of hydrogen-bond acceptors (Lipinski definition) is 6. The van der Waals surface area contributed by atoms with Crippen LogP contribution in [0, 0.1) is 5.92 Å². The summed E-state index contributed by atoms with van der Waals surface area (Å²) in [7, 11) is 0. The fraction of sp³-hybridized carbons (Fsp3) is 0.692. The molecule has 2 aliphatic rings. The third-order valence-corrected chi connectivity index (χ3v) is 4.05. The Morgan fingerprint density at radius 1 is 1.47 bits per heavy atom. The largest absolute Gasteiger partial charge is 0.374 e. The summed E-state index contributed by atoms with van der Waals surface area (Å²) in [5.74, 6) is 8.65. The van der Waals surface area contributed by atoms with E-state index in [2.05, 4.69) is 20.3 Å². The second-order valence-corrected chi connectivity index (χ2v) is 5.29. The average Bonchev–Trinajstić information content (AvgIpc) is 3.07. The fourth-order valence-corrected chi connectivity index (χ4v) is 3.17. The topological polar surface area (TPSA) is 76.3 Å². The Labute approximate surface area is 113 Å². The Kier molecular flexibility index (Phi) is 3.52. The van der Waals surface area contributed by atoms with Crippen molar-refractivity contribution in [1.29, 1.82) is 0 Å². The summed E-state index contributed by atoms with van der Waals surface area (Å²) in [6.07, 6.45) is 3.94. The lowest BCUT2D eigenvalue weighted by Gasteiger charge is -2.28. The van der Waals surface area contributed by atoms with Crippen molar-refractivity contribution < 1.29 is 4.74 Å². The molecule has 1 aliphatic carbocycles. The molecule has 1 aromatic heterocycles. The van der Waals surface area contributed by atoms with Gasteiger partial charge >= 0.3 is 0 Å². The first kappa shape index (κ1) is 12.6. The van der Waals surface area contributed by atoms with Crippen LogP contribution >= 0.6 is 0 Å². The molecule has 1 aromatic rings. The molecule has 6 nitrogen and oxygen atoms in total. The van der Waals surface area contributed by atoms with Crippen molar-refractivity contribution in [3.63, 3.8) is 0 Å². The van der Waals surface area contributed by atoms with Crippen LogP contribution in [0.25, 0.3) is 0 Å². The Hall–Kier alpha value is -1.40. The first-order valence-electron chi connectivity index (χ1n) is 6.99. The number of piperidine rings is 1. The number of nitrogen functional groups attached to an aromatic ring is 1. The van der Waals surface area contributed by atoms with E-state index >= 15 is 0 Å². The van der Waals surface area contributed by atoms with Crippen molar-refractivity contribution >= 4 is 11.6 Å². The zero-order valence-corrected chi connectivity index (χ0v) is 11.3. The van der Waals surface area contributed by atoms with Gasteiger partial charge in [0.25, 0.3) is 0 Å². The number of fused-ring (bicyclic) bond motifs is 2. The molecule has 0 amide bonds. The summed E-state index contributed by atoms with van der Waals surface area (Å²) in [6, 6.07) is 2.57. The van der Waals surface area contributed by atoms with Crippen molar-refractivity contribution in [1.82, 2.24) is 9.97 Å². The lowest BCUT2D eigenvalue weighted by atomic mass is 10.1. The first-order valence-corrected chi connectivity index (χ1v) is 6.99. The summed E-state index contributed by atoms with van der Waals surface area (Å²) >= 11 is 0. The van der Waals surface area contributed by atoms with Gasteiger partial charge in [0.05, 0.1) is 0 Å². The van der Waals surface area contributed by atoms with E-state index in [0.29, 0.717) is 30.9 Å². The van der Waals surface area contributed by atoms with Gasteiger partial charge in [-0.1, -0.05) is 0 Å². The van der Waals surface area contributed by atoms with Crippen molar-refractivity contribution in [2.75, 3.05) is 23.5 Å². The average molecular weight is 263 g/mol. The molecule has 0 radical (unpaired) electrons. The highest BCUT2D eigenvalue weighted by molar-refractivity contribution is 5.51. The summed E-state index contributed by atoms with van der Waals surface area (Å²) in [5.41, 5.74) is 2.62. The van der Waals surface area contributed by atoms with Crippen molar-refractivity contribution in [2.24, 2.45) is 11.8 Å². The molecule has 2 bridgehead atoms. The number of nitrogens with zero attached hydrogens (tertiary/aromatic N) is 3. The Balaban J connectivity index is 1.83. The lowest BCUT2D eigenvalue weighted by molar-refractivity contribution is 0.128. The molecule has 19 heavy (non-hydrogen) atoms. The second kappa shape index (κ2) is 5.30. The van der Waals surface area contributed by atoms with Crippen LogP contribution in [0.5, 0.6) is 0 Å². The predicted molar refractivity (Wildman–Crippen MR) is 73.6 cm³/mol. The Bertz CT molecular complexity index is 453. The normalized spacial score (nSPS) is 25.1. The molecule has 2 heterocycles. The highest BCUT2D eigenvalue weighted by atomic mass is 16.5. The third-order valence-electron chi connectivity index (χ3n) is 4.05. The number of aromatic nitrogens is 2. The number of nitrogens with two attached hydrogens (primary N) is 1. The monoisotopic (exact) mass is 263 g/mol. The zero-order valence-electron chi connectivity index (χ0n) is 11.3. The number of rotatable bonds is 5. The van der Waals surface area contributed by atoms with E-state index in [9.17, 15) is 0 Å². The third kappa shape index (κ3) is 2.50. The number of nitrogens with one attached hydrogen (secondary N) is 1. The van der Waals surface area contributed by atoms with Gasteiger partial charge in [-0.2, -0.15) is 0 Å². The van der Waals surface area contributed by atoms with Crippen LogP contribution in [0.4, 0.5) is 11.6 Å².